The van der Waals surface area contributed by atoms with E-state index in [1.807, 2.05) is 0 Å². The number of aliphatic hydroxyl groups excluding tert-OH is 2. The summed E-state index contributed by atoms with van der Waals surface area (Å²) in [5.41, 5.74) is 5.94. The Balaban J connectivity index is 1.64. The van der Waals surface area contributed by atoms with Gasteiger partial charge in [0, 0.05) is 5.02 Å². The first kappa shape index (κ1) is 26.9. The molecule has 0 aliphatic carbocycles. The van der Waals surface area contributed by atoms with E-state index in [4.69, 9.17) is 31.9 Å². The number of nitrogens with zero attached hydrogens (tertiary/aromatic N) is 3. The van der Waals surface area contributed by atoms with E-state index in [-0.39, 0.29) is 23.7 Å². The average Bonchev–Trinajstić information content (AvgIpc) is 3.24. The van der Waals surface area contributed by atoms with Crippen LogP contribution in [0.25, 0.3) is 11.2 Å². The molecular weight excluding hydrogens is 548 g/mol. The number of nitrogens with one attached hydrogen (secondary N) is 1. The van der Waals surface area contributed by atoms with Gasteiger partial charge in [-0.15, -0.1) is 0 Å². The van der Waals surface area contributed by atoms with Gasteiger partial charge in [-0.2, -0.15) is 4.31 Å². The number of benzene rings is 1. The van der Waals surface area contributed by atoms with E-state index in [2.05, 4.69) is 18.8 Å². The molecule has 1 saturated heterocycles. The Hall–Kier alpha value is -2.20. The number of aliphatic hydroxyl groups is 2. The summed E-state index contributed by atoms with van der Waals surface area (Å²) in [7, 11) is -10.6. The molecule has 19 heteroatoms. The molecule has 1 aliphatic heterocycles. The van der Waals surface area contributed by atoms with Gasteiger partial charge in [0.05, 0.1) is 13.2 Å². The number of hydrogen-bond acceptors (Lipinski definition) is 10. The lowest BCUT2D eigenvalue weighted by Crippen LogP contribution is -2.46. The zero-order chi connectivity index (χ0) is 26.4. The molecule has 0 amide bonds. The molecule has 1 fully saturated rings. The quantitative estimate of drug-likeness (QED) is 0.129. The summed E-state index contributed by atoms with van der Waals surface area (Å²) in [6.07, 6.45) is -4.71. The number of aromatic nitrogens is 4. The molecule has 3 aromatic rings. The van der Waals surface area contributed by atoms with Gasteiger partial charge >= 0.3 is 21.3 Å². The maximum atomic E-state index is 12.7. The van der Waals surface area contributed by atoms with Crippen molar-refractivity contribution in [1.29, 1.82) is 0 Å². The Morgan fingerprint density at radius 1 is 1.19 bits per heavy atom. The van der Waals surface area contributed by atoms with Gasteiger partial charge in [0.15, 0.2) is 6.33 Å². The van der Waals surface area contributed by atoms with Crippen molar-refractivity contribution in [3.05, 3.63) is 51.5 Å². The Morgan fingerprint density at radius 2 is 1.86 bits per heavy atom. The van der Waals surface area contributed by atoms with Gasteiger partial charge in [-0.05, 0) is 17.7 Å². The van der Waals surface area contributed by atoms with Gasteiger partial charge in [0.1, 0.15) is 18.3 Å². The predicted octanol–water partition coefficient (Wildman–Crippen LogP) is -0.859. The molecule has 8 N–H and O–H groups in total. The Kier molecular flexibility index (Phi) is 7.41. The third kappa shape index (κ3) is 5.85. The molecule has 1 unspecified atom stereocenters. The first-order valence-electron chi connectivity index (χ1n) is 10.0. The summed E-state index contributed by atoms with van der Waals surface area (Å²) in [6, 6.07) is 6.81. The number of nitrogens with two attached hydrogens (primary N) is 1. The molecule has 0 saturated carbocycles. The summed E-state index contributed by atoms with van der Waals surface area (Å²) in [5, 5.41) is 21.5. The number of H-pyrrole nitrogens is 1. The Labute approximate surface area is 206 Å². The number of nitrogen functional groups attached to an aromatic ring is 1. The van der Waals surface area contributed by atoms with Crippen LogP contribution in [0, 0.1) is 0 Å². The molecule has 4 rings (SSSR count). The van der Waals surface area contributed by atoms with Crippen LogP contribution in [-0.4, -0.2) is 64.3 Å². The predicted molar refractivity (Wildman–Crippen MR) is 120 cm³/mol. The van der Waals surface area contributed by atoms with Crippen LogP contribution in [0.2, 0.25) is 5.02 Å². The van der Waals surface area contributed by atoms with Gasteiger partial charge in [0.25, 0.3) is 11.5 Å². The average molecular weight is 569 g/mol. The number of ether oxygens (including phenoxy) is 1. The number of fused-ring (bicyclic) bond motifs is 1. The topological polar surface area (TPSA) is 244 Å². The van der Waals surface area contributed by atoms with Crippen molar-refractivity contribution in [3.8, 4) is 0 Å². The summed E-state index contributed by atoms with van der Waals surface area (Å²) in [5.74, 6) is -0.228. The molecule has 16 nitrogen and oxygen atoms in total. The van der Waals surface area contributed by atoms with Crippen molar-refractivity contribution in [1.82, 2.24) is 14.5 Å². The molecule has 1 aliphatic rings. The molecule has 5 atom stereocenters. The highest BCUT2D eigenvalue weighted by molar-refractivity contribution is 7.60. The van der Waals surface area contributed by atoms with E-state index in [0.29, 0.717) is 5.02 Å². The largest absolute Gasteiger partial charge is 0.481 e. The summed E-state index contributed by atoms with van der Waals surface area (Å²) in [6.45, 7) is -0.705. The minimum atomic E-state index is -5.36. The number of hydrogen-bond donors (Lipinski definition) is 7. The highest BCUT2D eigenvalue weighted by Gasteiger charge is 2.48. The van der Waals surface area contributed by atoms with Crippen molar-refractivity contribution in [2.45, 2.75) is 31.1 Å². The first-order valence-corrected chi connectivity index (χ1v) is 13.4. The zero-order valence-electron chi connectivity index (χ0n) is 18.0. The number of phosphoric acid groups is 2. The lowest BCUT2D eigenvalue weighted by atomic mass is 10.1. The van der Waals surface area contributed by atoms with Crippen molar-refractivity contribution < 1.29 is 52.2 Å². The third-order valence-electron chi connectivity index (χ3n) is 5.18. The van der Waals surface area contributed by atoms with Crippen LogP contribution < -0.4 is 15.9 Å². The van der Waals surface area contributed by atoms with Crippen LogP contribution in [0.15, 0.2) is 35.4 Å². The molecule has 1 aromatic carbocycles. The molecular formula is C17H21ClN5O11P2+. The van der Waals surface area contributed by atoms with Crippen molar-refractivity contribution in [2.75, 3.05) is 12.3 Å². The first-order chi connectivity index (χ1) is 16.7. The van der Waals surface area contributed by atoms with Gasteiger partial charge < -0.3 is 35.4 Å². The fraction of sp³-hybridized carbons (Fsp3) is 0.353. The van der Waals surface area contributed by atoms with Gasteiger partial charge in [0.2, 0.25) is 11.7 Å². The van der Waals surface area contributed by atoms with Crippen LogP contribution in [-0.2, 0) is 29.2 Å². The summed E-state index contributed by atoms with van der Waals surface area (Å²) < 4.78 is 39.1. The number of anilines is 1. The van der Waals surface area contributed by atoms with Gasteiger partial charge in [-0.3, -0.25) is 18.9 Å². The minimum Gasteiger partial charge on any atom is -0.387 e. The number of phosphoric ester groups is 1. The standard InChI is InChI=1S/C17H20ClN5O11P2/c18-9-3-1-8(2-4-9)5-22-7-23(14-11(22)15(26)21-17(19)20-14)16-13(25)12(24)10(33-16)6-32-36(30,31)34-35(27,28)29/h1-4,7,10,12-13,16,24-25H,5-6H2,(H5-,19,20,21,26,27,28,29,30,31)/p+1/t10-,12-,13-,16-/m1/s1. The van der Waals surface area contributed by atoms with Crippen LogP contribution in [0.4, 0.5) is 5.95 Å². The molecule has 0 bridgehead atoms. The molecule has 196 valence electrons. The van der Waals surface area contributed by atoms with E-state index in [9.17, 15) is 29.0 Å². The Bertz CT molecular complexity index is 1420. The monoisotopic (exact) mass is 568 g/mol. The van der Waals surface area contributed by atoms with E-state index in [1.54, 1.807) is 24.3 Å². The van der Waals surface area contributed by atoms with Crippen molar-refractivity contribution in [3.63, 3.8) is 0 Å². The normalized spacial score (nSPS) is 24.3. The maximum absolute atomic E-state index is 12.7. The lowest BCUT2D eigenvalue weighted by molar-refractivity contribution is -0.745. The van der Waals surface area contributed by atoms with Crippen LogP contribution in [0.3, 0.4) is 0 Å². The van der Waals surface area contributed by atoms with Crippen LogP contribution in [0.5, 0.6) is 0 Å². The minimum absolute atomic E-state index is 0.000643. The molecule has 3 heterocycles. The van der Waals surface area contributed by atoms with Crippen LogP contribution >= 0.6 is 27.2 Å². The number of rotatable bonds is 8. The number of aromatic amines is 1. The van der Waals surface area contributed by atoms with Crippen LogP contribution in [0.1, 0.15) is 11.8 Å². The van der Waals surface area contributed by atoms with E-state index in [0.717, 1.165) is 5.56 Å². The summed E-state index contributed by atoms with van der Waals surface area (Å²) >= 11 is 5.92. The lowest BCUT2D eigenvalue weighted by Gasteiger charge is -2.17. The van der Waals surface area contributed by atoms with E-state index < -0.39 is 52.4 Å². The second kappa shape index (κ2) is 9.93. The highest BCUT2D eigenvalue weighted by atomic mass is 35.5. The maximum Gasteiger partial charge on any atom is 0.481 e. The number of imidazole rings is 1. The van der Waals surface area contributed by atoms with Gasteiger partial charge in [-0.1, -0.05) is 28.7 Å². The Morgan fingerprint density at radius 3 is 2.50 bits per heavy atom. The molecule has 36 heavy (non-hydrogen) atoms. The number of halogens is 1. The van der Waals surface area contributed by atoms with E-state index >= 15 is 0 Å². The van der Waals surface area contributed by atoms with Gasteiger partial charge in [-0.25, -0.2) is 13.7 Å². The fourth-order valence-electron chi connectivity index (χ4n) is 3.69. The fourth-order valence-corrected chi connectivity index (χ4v) is 5.41. The van der Waals surface area contributed by atoms with E-state index in [1.165, 1.54) is 15.5 Å². The third-order valence-corrected chi connectivity index (χ3v) is 7.58. The molecule has 2 aromatic heterocycles. The highest BCUT2D eigenvalue weighted by Crippen LogP contribution is 2.57. The zero-order valence-corrected chi connectivity index (χ0v) is 20.5. The SMILES string of the molecule is Nc1nc2c(c(=O)[nH]1)n(Cc1ccc(Cl)cc1)c[n+]2[C@@H]1O[C@H](COP(=O)(O)OP(=O)(O)O)[C@@H](O)[C@H]1O. The molecule has 0 radical (unpaired) electrons. The second-order valence-electron chi connectivity index (χ2n) is 7.78. The van der Waals surface area contributed by atoms with Crippen molar-refractivity contribution in [2.24, 2.45) is 0 Å². The van der Waals surface area contributed by atoms with Crippen molar-refractivity contribution >= 4 is 44.4 Å². The second-order valence-corrected chi connectivity index (χ2v) is 11.0. The summed E-state index contributed by atoms with van der Waals surface area (Å²) in [4.78, 5) is 46.0. The molecule has 0 spiro atoms. The smallest absolute Gasteiger partial charge is 0.387 e.